The average Bonchev–Trinajstić information content (AvgIpc) is 2.46. The molecule has 1 aliphatic rings. The van der Waals surface area contributed by atoms with Crippen LogP contribution >= 0.6 is 0 Å². The standard InChI is InChI=1S/C20H21N/c1-16-12-17(2)14-18(13-16)6-5-10-21-11-9-19-7-3-4-8-20(19)15-21/h3-4,7-8,12-14H,9-11,15H2,1-2H3. The molecule has 1 aliphatic heterocycles. The Morgan fingerprint density at radius 1 is 1.00 bits per heavy atom. The number of benzene rings is 2. The molecular formula is C20H21N. The summed E-state index contributed by atoms with van der Waals surface area (Å²) >= 11 is 0. The van der Waals surface area contributed by atoms with E-state index >= 15 is 0 Å². The topological polar surface area (TPSA) is 3.24 Å². The van der Waals surface area contributed by atoms with Crippen LogP contribution in [-0.4, -0.2) is 18.0 Å². The molecule has 0 fully saturated rings. The Bertz CT molecular complexity index is 683. The third-order valence-corrected chi connectivity index (χ3v) is 3.97. The van der Waals surface area contributed by atoms with E-state index in [9.17, 15) is 0 Å². The van der Waals surface area contributed by atoms with Crippen LogP contribution in [0.25, 0.3) is 0 Å². The summed E-state index contributed by atoms with van der Waals surface area (Å²) in [6, 6.07) is 15.2. The van der Waals surface area contributed by atoms with E-state index in [1.54, 1.807) is 0 Å². The maximum absolute atomic E-state index is 3.33. The van der Waals surface area contributed by atoms with E-state index in [4.69, 9.17) is 0 Å². The molecule has 21 heavy (non-hydrogen) atoms. The molecule has 0 aromatic heterocycles. The second-order valence-corrected chi connectivity index (χ2v) is 5.91. The van der Waals surface area contributed by atoms with E-state index < -0.39 is 0 Å². The predicted octanol–water partition coefficient (Wildman–Crippen LogP) is 3.71. The van der Waals surface area contributed by atoms with Crippen LogP contribution in [0.2, 0.25) is 0 Å². The Hall–Kier alpha value is -2.04. The van der Waals surface area contributed by atoms with Gasteiger partial charge in [-0.05, 0) is 54.7 Å². The van der Waals surface area contributed by atoms with Crippen LogP contribution in [-0.2, 0) is 13.0 Å². The zero-order valence-corrected chi connectivity index (χ0v) is 12.8. The molecular weight excluding hydrogens is 254 g/mol. The quantitative estimate of drug-likeness (QED) is 0.717. The van der Waals surface area contributed by atoms with Gasteiger partial charge in [-0.3, -0.25) is 4.90 Å². The van der Waals surface area contributed by atoms with Crippen LogP contribution in [0.3, 0.4) is 0 Å². The molecule has 0 unspecified atom stereocenters. The fourth-order valence-electron chi connectivity index (χ4n) is 2.99. The highest BCUT2D eigenvalue weighted by Crippen LogP contribution is 2.17. The number of rotatable bonds is 1. The molecule has 2 aromatic rings. The summed E-state index contributed by atoms with van der Waals surface area (Å²) in [7, 11) is 0. The molecule has 0 bridgehead atoms. The van der Waals surface area contributed by atoms with E-state index in [1.807, 2.05) is 0 Å². The lowest BCUT2D eigenvalue weighted by Crippen LogP contribution is -2.30. The number of fused-ring (bicyclic) bond motifs is 1. The van der Waals surface area contributed by atoms with E-state index in [1.165, 1.54) is 22.3 Å². The number of nitrogens with zero attached hydrogens (tertiary/aromatic N) is 1. The van der Waals surface area contributed by atoms with Crippen LogP contribution < -0.4 is 0 Å². The summed E-state index contributed by atoms with van der Waals surface area (Å²) in [5.74, 6) is 6.64. The molecule has 1 heteroatoms. The lowest BCUT2D eigenvalue weighted by atomic mass is 10.00. The highest BCUT2D eigenvalue weighted by molar-refractivity contribution is 5.40. The largest absolute Gasteiger partial charge is 0.288 e. The summed E-state index contributed by atoms with van der Waals surface area (Å²) in [5, 5.41) is 0. The Labute approximate surface area is 127 Å². The van der Waals surface area contributed by atoms with Gasteiger partial charge in [-0.2, -0.15) is 0 Å². The Morgan fingerprint density at radius 3 is 2.48 bits per heavy atom. The fourth-order valence-corrected chi connectivity index (χ4v) is 2.99. The molecule has 0 saturated heterocycles. The van der Waals surface area contributed by atoms with Crippen LogP contribution in [0.1, 0.15) is 27.8 Å². The fraction of sp³-hybridized carbons (Fsp3) is 0.300. The van der Waals surface area contributed by atoms with Crippen molar-refractivity contribution in [2.45, 2.75) is 26.8 Å². The molecule has 0 radical (unpaired) electrons. The van der Waals surface area contributed by atoms with Gasteiger partial charge in [0.1, 0.15) is 0 Å². The molecule has 106 valence electrons. The molecule has 1 heterocycles. The lowest BCUT2D eigenvalue weighted by molar-refractivity contribution is 0.286. The molecule has 0 aliphatic carbocycles. The second-order valence-electron chi connectivity index (χ2n) is 5.91. The Balaban J connectivity index is 1.66. The number of hydrogen-bond donors (Lipinski definition) is 0. The Morgan fingerprint density at radius 2 is 1.71 bits per heavy atom. The maximum atomic E-state index is 3.33. The normalized spacial score (nSPS) is 14.2. The smallest absolute Gasteiger partial charge is 0.0608 e. The minimum atomic E-state index is 0.849. The van der Waals surface area contributed by atoms with E-state index in [0.29, 0.717) is 0 Å². The molecule has 2 aromatic carbocycles. The molecule has 0 N–H and O–H groups in total. The first-order valence-corrected chi connectivity index (χ1v) is 7.57. The van der Waals surface area contributed by atoms with Gasteiger partial charge in [-0.15, -0.1) is 0 Å². The summed E-state index contributed by atoms with van der Waals surface area (Å²) in [6.45, 7) is 7.23. The number of hydrogen-bond acceptors (Lipinski definition) is 1. The van der Waals surface area contributed by atoms with Gasteiger partial charge in [0.25, 0.3) is 0 Å². The van der Waals surface area contributed by atoms with Crippen molar-refractivity contribution in [2.24, 2.45) is 0 Å². The molecule has 0 atom stereocenters. The van der Waals surface area contributed by atoms with Crippen LogP contribution in [0.15, 0.2) is 42.5 Å². The van der Waals surface area contributed by atoms with Crippen LogP contribution in [0.5, 0.6) is 0 Å². The zero-order chi connectivity index (χ0) is 14.7. The first-order valence-electron chi connectivity index (χ1n) is 7.57. The molecule has 0 amide bonds. The number of aryl methyl sites for hydroxylation is 2. The predicted molar refractivity (Wildman–Crippen MR) is 88.2 cm³/mol. The van der Waals surface area contributed by atoms with Crippen LogP contribution in [0.4, 0.5) is 0 Å². The zero-order valence-electron chi connectivity index (χ0n) is 12.8. The summed E-state index contributed by atoms with van der Waals surface area (Å²) < 4.78 is 0. The van der Waals surface area contributed by atoms with Gasteiger partial charge in [-0.25, -0.2) is 0 Å². The van der Waals surface area contributed by atoms with Crippen molar-refractivity contribution < 1.29 is 0 Å². The molecule has 0 saturated carbocycles. The van der Waals surface area contributed by atoms with Crippen molar-refractivity contribution in [2.75, 3.05) is 13.1 Å². The van der Waals surface area contributed by atoms with E-state index in [0.717, 1.165) is 31.6 Å². The summed E-state index contributed by atoms with van der Waals surface area (Å²) in [6.07, 6.45) is 1.14. The van der Waals surface area contributed by atoms with Crippen molar-refractivity contribution in [3.8, 4) is 11.8 Å². The van der Waals surface area contributed by atoms with Gasteiger partial charge in [0.05, 0.1) is 6.54 Å². The summed E-state index contributed by atoms with van der Waals surface area (Å²) in [5.41, 5.74) is 6.65. The van der Waals surface area contributed by atoms with E-state index in [2.05, 4.69) is 73.1 Å². The third kappa shape index (κ3) is 3.54. The highest BCUT2D eigenvalue weighted by Gasteiger charge is 2.13. The third-order valence-electron chi connectivity index (χ3n) is 3.97. The van der Waals surface area contributed by atoms with Crippen molar-refractivity contribution >= 4 is 0 Å². The molecule has 1 nitrogen and oxygen atoms in total. The minimum Gasteiger partial charge on any atom is -0.288 e. The van der Waals surface area contributed by atoms with Crippen molar-refractivity contribution in [1.29, 1.82) is 0 Å². The van der Waals surface area contributed by atoms with Gasteiger partial charge < -0.3 is 0 Å². The van der Waals surface area contributed by atoms with Gasteiger partial charge in [-0.1, -0.05) is 42.2 Å². The minimum absolute atomic E-state index is 0.849. The molecule has 0 spiro atoms. The monoisotopic (exact) mass is 275 g/mol. The first-order chi connectivity index (χ1) is 10.2. The van der Waals surface area contributed by atoms with E-state index in [-0.39, 0.29) is 0 Å². The van der Waals surface area contributed by atoms with Crippen molar-refractivity contribution in [3.63, 3.8) is 0 Å². The van der Waals surface area contributed by atoms with Crippen molar-refractivity contribution in [3.05, 3.63) is 70.3 Å². The first kappa shape index (κ1) is 13.9. The van der Waals surface area contributed by atoms with Gasteiger partial charge >= 0.3 is 0 Å². The van der Waals surface area contributed by atoms with Crippen LogP contribution in [0, 0.1) is 25.7 Å². The lowest BCUT2D eigenvalue weighted by Gasteiger charge is -2.26. The summed E-state index contributed by atoms with van der Waals surface area (Å²) in [4.78, 5) is 2.43. The highest BCUT2D eigenvalue weighted by atomic mass is 15.1. The maximum Gasteiger partial charge on any atom is 0.0608 e. The van der Waals surface area contributed by atoms with Crippen molar-refractivity contribution in [1.82, 2.24) is 4.90 Å². The molecule has 3 rings (SSSR count). The van der Waals surface area contributed by atoms with Gasteiger partial charge in [0.15, 0.2) is 0 Å². The second kappa shape index (κ2) is 6.16. The Kier molecular flexibility index (Phi) is 4.08. The van der Waals surface area contributed by atoms with Gasteiger partial charge in [0, 0.05) is 18.7 Å². The van der Waals surface area contributed by atoms with Gasteiger partial charge in [0.2, 0.25) is 0 Å². The average molecular weight is 275 g/mol. The SMILES string of the molecule is Cc1cc(C)cc(C#CCN2CCc3ccccc3C2)c1.